The number of hydrogen-bond acceptors (Lipinski definition) is 5. The van der Waals surface area contributed by atoms with E-state index in [-0.39, 0.29) is 17.7 Å². The molecule has 0 aromatic carbocycles. The van der Waals surface area contributed by atoms with Gasteiger partial charge in [0.25, 0.3) is 0 Å². The van der Waals surface area contributed by atoms with E-state index in [1.165, 1.54) is 12.8 Å². The molecule has 1 saturated heterocycles. The highest BCUT2D eigenvalue weighted by Gasteiger charge is 2.33. The fourth-order valence-corrected chi connectivity index (χ4v) is 3.00. The van der Waals surface area contributed by atoms with Gasteiger partial charge in [-0.05, 0) is 32.7 Å². The molecule has 1 N–H and O–H groups in total. The fraction of sp³-hybridized carbons (Fsp3) is 0.800. The van der Waals surface area contributed by atoms with Gasteiger partial charge in [0.15, 0.2) is 5.82 Å². The Morgan fingerprint density at radius 1 is 1.43 bits per heavy atom. The highest BCUT2D eigenvalue weighted by Crippen LogP contribution is 2.39. The van der Waals surface area contributed by atoms with Gasteiger partial charge in [0.1, 0.15) is 0 Å². The molecule has 1 aromatic heterocycles. The van der Waals surface area contributed by atoms with E-state index in [2.05, 4.69) is 15.5 Å². The standard InChI is InChI=1S/C15H24N4O2/c1-10(8-16-2)15(20)19-7-3-4-12(9-19)13-17-14(21-18-13)11-5-6-11/h10-12,16H,3-9H2,1-2H3. The van der Waals surface area contributed by atoms with Crippen LogP contribution in [0.15, 0.2) is 4.52 Å². The molecular weight excluding hydrogens is 268 g/mol. The monoisotopic (exact) mass is 292 g/mol. The van der Waals surface area contributed by atoms with Gasteiger partial charge in [-0.15, -0.1) is 0 Å². The summed E-state index contributed by atoms with van der Waals surface area (Å²) in [7, 11) is 1.88. The van der Waals surface area contributed by atoms with Gasteiger partial charge in [-0.1, -0.05) is 12.1 Å². The molecule has 1 aliphatic carbocycles. The van der Waals surface area contributed by atoms with Crippen molar-refractivity contribution in [1.82, 2.24) is 20.4 Å². The van der Waals surface area contributed by atoms with Gasteiger partial charge in [0.2, 0.25) is 11.8 Å². The highest BCUT2D eigenvalue weighted by atomic mass is 16.5. The smallest absolute Gasteiger partial charge is 0.229 e. The number of nitrogens with zero attached hydrogens (tertiary/aromatic N) is 3. The number of likely N-dealkylation sites (tertiary alicyclic amines) is 1. The fourth-order valence-electron chi connectivity index (χ4n) is 3.00. The van der Waals surface area contributed by atoms with E-state index in [0.717, 1.165) is 37.6 Å². The molecule has 2 atom stereocenters. The molecule has 2 aliphatic rings. The minimum atomic E-state index is 0.0149. The lowest BCUT2D eigenvalue weighted by molar-refractivity contribution is -0.136. The van der Waals surface area contributed by atoms with Crippen LogP contribution in [0.5, 0.6) is 0 Å². The van der Waals surface area contributed by atoms with Crippen LogP contribution in [0.1, 0.15) is 56.2 Å². The summed E-state index contributed by atoms with van der Waals surface area (Å²) in [6, 6.07) is 0. The molecule has 1 aromatic rings. The summed E-state index contributed by atoms with van der Waals surface area (Å²) in [5.74, 6) is 2.53. The molecule has 6 nitrogen and oxygen atoms in total. The summed E-state index contributed by atoms with van der Waals surface area (Å²) >= 11 is 0. The minimum Gasteiger partial charge on any atom is -0.342 e. The first-order valence-corrected chi connectivity index (χ1v) is 7.96. The van der Waals surface area contributed by atoms with Crippen molar-refractivity contribution in [2.45, 2.75) is 44.4 Å². The van der Waals surface area contributed by atoms with Crippen LogP contribution in [0.25, 0.3) is 0 Å². The normalized spacial score (nSPS) is 24.1. The Morgan fingerprint density at radius 2 is 2.24 bits per heavy atom. The predicted molar refractivity (Wildman–Crippen MR) is 77.9 cm³/mol. The van der Waals surface area contributed by atoms with Crippen LogP contribution in [0.4, 0.5) is 0 Å². The number of aromatic nitrogens is 2. The van der Waals surface area contributed by atoms with E-state index in [1.807, 2.05) is 18.9 Å². The molecule has 2 fully saturated rings. The molecule has 21 heavy (non-hydrogen) atoms. The lowest BCUT2D eigenvalue weighted by Crippen LogP contribution is -2.43. The van der Waals surface area contributed by atoms with E-state index in [0.29, 0.717) is 12.5 Å². The van der Waals surface area contributed by atoms with Crippen molar-refractivity contribution in [3.05, 3.63) is 11.7 Å². The third-order valence-corrected chi connectivity index (χ3v) is 4.41. The SMILES string of the molecule is CNCC(C)C(=O)N1CCCC(c2noc(C3CC3)n2)C1. The second kappa shape index (κ2) is 6.13. The molecule has 3 rings (SSSR count). The predicted octanol–water partition coefficient (Wildman–Crippen LogP) is 1.51. The molecule has 1 saturated carbocycles. The van der Waals surface area contributed by atoms with Crippen molar-refractivity contribution in [1.29, 1.82) is 0 Å². The second-order valence-electron chi connectivity index (χ2n) is 6.35. The zero-order valence-electron chi connectivity index (χ0n) is 12.8. The molecule has 0 radical (unpaired) electrons. The molecule has 2 heterocycles. The van der Waals surface area contributed by atoms with Gasteiger partial charge in [0, 0.05) is 37.4 Å². The summed E-state index contributed by atoms with van der Waals surface area (Å²) in [6.45, 7) is 4.25. The second-order valence-corrected chi connectivity index (χ2v) is 6.35. The summed E-state index contributed by atoms with van der Waals surface area (Å²) < 4.78 is 5.35. The molecule has 6 heteroatoms. The van der Waals surface area contributed by atoms with Gasteiger partial charge in [-0.25, -0.2) is 0 Å². The Hall–Kier alpha value is -1.43. The zero-order chi connectivity index (χ0) is 14.8. The van der Waals surface area contributed by atoms with E-state index >= 15 is 0 Å². The third kappa shape index (κ3) is 3.26. The first-order valence-electron chi connectivity index (χ1n) is 7.96. The average molecular weight is 292 g/mol. The third-order valence-electron chi connectivity index (χ3n) is 4.41. The van der Waals surface area contributed by atoms with Crippen molar-refractivity contribution in [3.8, 4) is 0 Å². The lowest BCUT2D eigenvalue weighted by Gasteiger charge is -2.33. The first-order chi connectivity index (χ1) is 10.2. The number of amides is 1. The van der Waals surface area contributed by atoms with E-state index in [4.69, 9.17) is 4.52 Å². The maximum absolute atomic E-state index is 12.4. The number of hydrogen-bond donors (Lipinski definition) is 1. The first kappa shape index (κ1) is 14.5. The van der Waals surface area contributed by atoms with Crippen LogP contribution < -0.4 is 5.32 Å². The van der Waals surface area contributed by atoms with Crippen LogP contribution in [0, 0.1) is 5.92 Å². The molecule has 1 amide bonds. The molecule has 0 spiro atoms. The largest absolute Gasteiger partial charge is 0.342 e. The van der Waals surface area contributed by atoms with Crippen LogP contribution in [0.3, 0.4) is 0 Å². The molecule has 116 valence electrons. The van der Waals surface area contributed by atoms with Crippen LogP contribution in [-0.4, -0.2) is 47.6 Å². The van der Waals surface area contributed by atoms with Crippen LogP contribution in [0.2, 0.25) is 0 Å². The van der Waals surface area contributed by atoms with E-state index < -0.39 is 0 Å². The number of rotatable bonds is 5. The maximum atomic E-state index is 12.4. The van der Waals surface area contributed by atoms with Crippen molar-refractivity contribution in [2.75, 3.05) is 26.7 Å². The van der Waals surface area contributed by atoms with Gasteiger partial charge < -0.3 is 14.7 Å². The summed E-state index contributed by atoms with van der Waals surface area (Å²) in [4.78, 5) is 18.9. The lowest BCUT2D eigenvalue weighted by atomic mass is 9.96. The Kier molecular flexibility index (Phi) is 4.24. The minimum absolute atomic E-state index is 0.0149. The van der Waals surface area contributed by atoms with Crippen LogP contribution >= 0.6 is 0 Å². The summed E-state index contributed by atoms with van der Waals surface area (Å²) in [5, 5.41) is 7.21. The average Bonchev–Trinajstić information content (AvgIpc) is 3.24. The Balaban J connectivity index is 1.63. The Bertz CT molecular complexity index is 498. The topological polar surface area (TPSA) is 71.3 Å². The van der Waals surface area contributed by atoms with Crippen molar-refractivity contribution >= 4 is 5.91 Å². The van der Waals surface area contributed by atoms with E-state index in [1.54, 1.807) is 0 Å². The van der Waals surface area contributed by atoms with Crippen molar-refractivity contribution in [3.63, 3.8) is 0 Å². The Labute approximate surface area is 125 Å². The highest BCUT2D eigenvalue weighted by molar-refractivity contribution is 5.78. The Morgan fingerprint density at radius 3 is 2.95 bits per heavy atom. The molecule has 2 unspecified atom stereocenters. The van der Waals surface area contributed by atoms with Gasteiger partial charge in [-0.2, -0.15) is 4.98 Å². The summed E-state index contributed by atoms with van der Waals surface area (Å²) in [5.41, 5.74) is 0. The quantitative estimate of drug-likeness (QED) is 0.890. The van der Waals surface area contributed by atoms with E-state index in [9.17, 15) is 4.79 Å². The number of carbonyl (C=O) groups is 1. The van der Waals surface area contributed by atoms with Crippen molar-refractivity contribution < 1.29 is 9.32 Å². The maximum Gasteiger partial charge on any atom is 0.229 e. The van der Waals surface area contributed by atoms with Gasteiger partial charge in [0.05, 0.1) is 0 Å². The number of nitrogens with one attached hydrogen (secondary N) is 1. The van der Waals surface area contributed by atoms with Crippen LogP contribution in [-0.2, 0) is 4.79 Å². The molecule has 1 aliphatic heterocycles. The van der Waals surface area contributed by atoms with Gasteiger partial charge in [-0.3, -0.25) is 4.79 Å². The number of carbonyl (C=O) groups excluding carboxylic acids is 1. The van der Waals surface area contributed by atoms with Crippen molar-refractivity contribution in [2.24, 2.45) is 5.92 Å². The molecule has 0 bridgehead atoms. The van der Waals surface area contributed by atoms with Gasteiger partial charge >= 0.3 is 0 Å². The number of piperidine rings is 1. The summed E-state index contributed by atoms with van der Waals surface area (Å²) in [6.07, 6.45) is 4.38. The molecular formula is C15H24N4O2. The zero-order valence-corrected chi connectivity index (χ0v) is 12.8.